The second-order valence-electron chi connectivity index (χ2n) is 3.56. The standard InChI is InChI=1S/C12H15BrO2/c1-8(2)6-12(14)10-7-9(15-3)4-5-11(10)13/h4-5,7,12,14H,1,6H2,2-3H3. The van der Waals surface area contributed by atoms with E-state index >= 15 is 0 Å². The second-order valence-corrected chi connectivity index (χ2v) is 4.42. The van der Waals surface area contributed by atoms with Gasteiger partial charge in [-0.3, -0.25) is 0 Å². The SMILES string of the molecule is C=C(C)CC(O)c1cc(OC)ccc1Br. The molecule has 0 bridgehead atoms. The van der Waals surface area contributed by atoms with Gasteiger partial charge in [0.1, 0.15) is 5.75 Å². The third-order valence-corrected chi connectivity index (χ3v) is 2.83. The van der Waals surface area contributed by atoms with Gasteiger partial charge in [0.2, 0.25) is 0 Å². The minimum Gasteiger partial charge on any atom is -0.497 e. The Labute approximate surface area is 98.7 Å². The van der Waals surface area contributed by atoms with E-state index in [-0.39, 0.29) is 0 Å². The molecule has 2 nitrogen and oxygen atoms in total. The molecule has 0 heterocycles. The number of rotatable bonds is 4. The highest BCUT2D eigenvalue weighted by molar-refractivity contribution is 9.10. The predicted molar refractivity (Wildman–Crippen MR) is 65.1 cm³/mol. The summed E-state index contributed by atoms with van der Waals surface area (Å²) < 4.78 is 6.00. The molecule has 15 heavy (non-hydrogen) atoms. The van der Waals surface area contributed by atoms with Gasteiger partial charge in [-0.25, -0.2) is 0 Å². The minimum atomic E-state index is -0.535. The van der Waals surface area contributed by atoms with E-state index in [9.17, 15) is 5.11 Å². The quantitative estimate of drug-likeness (QED) is 0.850. The average Bonchev–Trinajstić information content (AvgIpc) is 2.17. The first-order valence-electron chi connectivity index (χ1n) is 4.70. The van der Waals surface area contributed by atoms with Crippen LogP contribution in [0.5, 0.6) is 5.75 Å². The molecule has 1 aromatic rings. The summed E-state index contributed by atoms with van der Waals surface area (Å²) in [4.78, 5) is 0. The maximum atomic E-state index is 9.95. The number of hydrogen-bond acceptors (Lipinski definition) is 2. The lowest BCUT2D eigenvalue weighted by Crippen LogP contribution is -1.99. The normalized spacial score (nSPS) is 12.3. The topological polar surface area (TPSA) is 29.5 Å². The first-order valence-corrected chi connectivity index (χ1v) is 5.49. The molecule has 0 aliphatic carbocycles. The Kier molecular flexibility index (Phi) is 4.36. The summed E-state index contributed by atoms with van der Waals surface area (Å²) in [6.45, 7) is 5.69. The lowest BCUT2D eigenvalue weighted by molar-refractivity contribution is 0.177. The van der Waals surface area contributed by atoms with Gasteiger partial charge in [0.25, 0.3) is 0 Å². The van der Waals surface area contributed by atoms with Crippen molar-refractivity contribution in [3.63, 3.8) is 0 Å². The van der Waals surface area contributed by atoms with E-state index in [0.717, 1.165) is 21.4 Å². The van der Waals surface area contributed by atoms with Gasteiger partial charge in [0.05, 0.1) is 13.2 Å². The van der Waals surface area contributed by atoms with Crippen molar-refractivity contribution in [2.45, 2.75) is 19.4 Å². The molecule has 1 N–H and O–H groups in total. The molecule has 0 saturated carbocycles. The van der Waals surface area contributed by atoms with Gasteiger partial charge in [-0.2, -0.15) is 0 Å². The van der Waals surface area contributed by atoms with E-state index in [4.69, 9.17) is 4.74 Å². The molecule has 1 rings (SSSR count). The van der Waals surface area contributed by atoms with Gasteiger partial charge >= 0.3 is 0 Å². The Balaban J connectivity index is 2.95. The number of hydrogen-bond donors (Lipinski definition) is 1. The van der Waals surface area contributed by atoms with Crippen LogP contribution in [0.2, 0.25) is 0 Å². The van der Waals surface area contributed by atoms with Crippen LogP contribution in [0.25, 0.3) is 0 Å². The predicted octanol–water partition coefficient (Wildman–Crippen LogP) is 3.46. The number of aliphatic hydroxyl groups excluding tert-OH is 1. The Hall–Kier alpha value is -0.800. The largest absolute Gasteiger partial charge is 0.497 e. The van der Waals surface area contributed by atoms with Crippen LogP contribution in [0.3, 0.4) is 0 Å². The van der Waals surface area contributed by atoms with Crippen molar-refractivity contribution in [2.75, 3.05) is 7.11 Å². The fourth-order valence-corrected chi connectivity index (χ4v) is 1.86. The summed E-state index contributed by atoms with van der Waals surface area (Å²) >= 11 is 3.40. The number of halogens is 1. The number of benzene rings is 1. The molecular weight excluding hydrogens is 256 g/mol. The molecule has 3 heteroatoms. The third kappa shape index (κ3) is 3.36. The molecule has 0 aliphatic rings. The first-order chi connectivity index (χ1) is 7.04. The van der Waals surface area contributed by atoms with Gasteiger partial charge in [-0.15, -0.1) is 6.58 Å². The number of aliphatic hydroxyl groups is 1. The highest BCUT2D eigenvalue weighted by atomic mass is 79.9. The van der Waals surface area contributed by atoms with Crippen LogP contribution in [0.4, 0.5) is 0 Å². The van der Waals surface area contributed by atoms with Crippen LogP contribution >= 0.6 is 15.9 Å². The molecule has 1 atom stereocenters. The van der Waals surface area contributed by atoms with Gasteiger partial charge in [0, 0.05) is 4.47 Å². The molecule has 0 saturated heterocycles. The van der Waals surface area contributed by atoms with E-state index < -0.39 is 6.10 Å². The molecule has 1 aromatic carbocycles. The van der Waals surface area contributed by atoms with Crippen molar-refractivity contribution >= 4 is 15.9 Å². The number of ether oxygens (including phenoxy) is 1. The molecule has 82 valence electrons. The minimum absolute atomic E-state index is 0.535. The summed E-state index contributed by atoms with van der Waals surface area (Å²) in [5.74, 6) is 0.744. The van der Waals surface area contributed by atoms with Crippen molar-refractivity contribution in [1.82, 2.24) is 0 Å². The van der Waals surface area contributed by atoms with Gasteiger partial charge in [-0.1, -0.05) is 21.5 Å². The summed E-state index contributed by atoms with van der Waals surface area (Å²) in [6, 6.07) is 5.55. The highest BCUT2D eigenvalue weighted by Gasteiger charge is 2.12. The third-order valence-electron chi connectivity index (χ3n) is 2.10. The van der Waals surface area contributed by atoms with Gasteiger partial charge in [0.15, 0.2) is 0 Å². The first kappa shape index (κ1) is 12.3. The highest BCUT2D eigenvalue weighted by Crippen LogP contribution is 2.30. The van der Waals surface area contributed by atoms with Gasteiger partial charge in [-0.05, 0) is 37.1 Å². The Morgan fingerprint density at radius 3 is 2.80 bits per heavy atom. The molecule has 0 aliphatic heterocycles. The maximum Gasteiger partial charge on any atom is 0.119 e. The van der Waals surface area contributed by atoms with Crippen LogP contribution in [0, 0.1) is 0 Å². The Morgan fingerprint density at radius 1 is 1.60 bits per heavy atom. The zero-order valence-electron chi connectivity index (χ0n) is 8.96. The van der Waals surface area contributed by atoms with E-state index in [2.05, 4.69) is 22.5 Å². The van der Waals surface area contributed by atoms with Crippen molar-refractivity contribution in [1.29, 1.82) is 0 Å². The molecule has 0 radical (unpaired) electrons. The monoisotopic (exact) mass is 270 g/mol. The van der Waals surface area contributed by atoms with Crippen molar-refractivity contribution < 1.29 is 9.84 Å². The van der Waals surface area contributed by atoms with Crippen LogP contribution < -0.4 is 4.74 Å². The summed E-state index contributed by atoms with van der Waals surface area (Å²) in [7, 11) is 1.61. The lowest BCUT2D eigenvalue weighted by atomic mass is 10.0. The van der Waals surface area contributed by atoms with Crippen molar-refractivity contribution in [3.8, 4) is 5.75 Å². The number of methoxy groups -OCH3 is 1. The summed E-state index contributed by atoms with van der Waals surface area (Å²) in [5.41, 5.74) is 1.79. The van der Waals surface area contributed by atoms with E-state index in [0.29, 0.717) is 6.42 Å². The summed E-state index contributed by atoms with van der Waals surface area (Å²) in [6.07, 6.45) is 0.0261. The smallest absolute Gasteiger partial charge is 0.119 e. The Bertz CT molecular complexity index is 361. The molecule has 0 amide bonds. The molecule has 0 spiro atoms. The molecule has 0 aromatic heterocycles. The van der Waals surface area contributed by atoms with E-state index in [1.807, 2.05) is 25.1 Å². The maximum absolute atomic E-state index is 9.95. The van der Waals surface area contributed by atoms with Crippen LogP contribution in [-0.2, 0) is 0 Å². The molecule has 0 fully saturated rings. The summed E-state index contributed by atoms with van der Waals surface area (Å²) in [5, 5.41) is 9.95. The second kappa shape index (κ2) is 5.33. The van der Waals surface area contributed by atoms with Crippen molar-refractivity contribution in [3.05, 3.63) is 40.4 Å². The lowest BCUT2D eigenvalue weighted by Gasteiger charge is -2.13. The fourth-order valence-electron chi connectivity index (χ4n) is 1.34. The zero-order chi connectivity index (χ0) is 11.4. The van der Waals surface area contributed by atoms with Gasteiger partial charge < -0.3 is 9.84 Å². The Morgan fingerprint density at radius 2 is 2.27 bits per heavy atom. The van der Waals surface area contributed by atoms with E-state index in [1.54, 1.807) is 7.11 Å². The van der Waals surface area contributed by atoms with Crippen LogP contribution in [0.15, 0.2) is 34.8 Å². The fraction of sp³-hybridized carbons (Fsp3) is 0.333. The molecular formula is C12H15BrO2. The zero-order valence-corrected chi connectivity index (χ0v) is 10.5. The van der Waals surface area contributed by atoms with Crippen molar-refractivity contribution in [2.24, 2.45) is 0 Å². The van der Waals surface area contributed by atoms with E-state index in [1.165, 1.54) is 0 Å². The van der Waals surface area contributed by atoms with Crippen LogP contribution in [0.1, 0.15) is 25.0 Å². The molecule has 1 unspecified atom stereocenters. The van der Waals surface area contributed by atoms with Crippen LogP contribution in [-0.4, -0.2) is 12.2 Å². The average molecular weight is 271 g/mol.